The van der Waals surface area contributed by atoms with Gasteiger partial charge in [0.2, 0.25) is 0 Å². The van der Waals surface area contributed by atoms with Gasteiger partial charge in [0.05, 0.1) is 46.2 Å². The van der Waals surface area contributed by atoms with Crippen molar-refractivity contribution in [2.75, 3.05) is 59.5 Å². The molecule has 0 saturated heterocycles. The summed E-state index contributed by atoms with van der Waals surface area (Å²) in [6.07, 6.45) is 32.4. The average Bonchev–Trinajstić information content (AvgIpc) is 3.01. The number of hydrogen-bond donors (Lipinski definition) is 0. The highest BCUT2D eigenvalue weighted by Gasteiger charge is 2.03. The van der Waals surface area contributed by atoms with Crippen molar-refractivity contribution in [2.24, 2.45) is 0 Å². The van der Waals surface area contributed by atoms with Gasteiger partial charge in [-0.25, -0.2) is 0 Å². The number of hydrogen-bond acceptors (Lipinski definition) is 6. The SMILES string of the molecule is CCCCCCCCCCCCCCCC(=O)OCCOCCOCCOCCOCCCCCCCCCCCCC. The number of carbonyl (C=O) groups is 1. The first-order valence-corrected chi connectivity index (χ1v) is 18.8. The first-order chi connectivity index (χ1) is 21.3. The Balaban J connectivity index is 3.13. The van der Waals surface area contributed by atoms with E-state index in [4.69, 9.17) is 23.7 Å². The zero-order chi connectivity index (χ0) is 31.2. The van der Waals surface area contributed by atoms with Gasteiger partial charge >= 0.3 is 5.97 Å². The van der Waals surface area contributed by atoms with Gasteiger partial charge < -0.3 is 23.7 Å². The lowest BCUT2D eigenvalue weighted by Crippen LogP contribution is -2.14. The van der Waals surface area contributed by atoms with Gasteiger partial charge in [-0.1, -0.05) is 155 Å². The van der Waals surface area contributed by atoms with Crippen molar-refractivity contribution in [3.8, 4) is 0 Å². The first kappa shape index (κ1) is 42.3. The summed E-state index contributed by atoms with van der Waals surface area (Å²) in [7, 11) is 0. The number of esters is 1. The predicted octanol–water partition coefficient (Wildman–Crippen LogP) is 10.4. The van der Waals surface area contributed by atoms with E-state index in [9.17, 15) is 4.79 Å². The third kappa shape index (κ3) is 39.3. The Labute approximate surface area is 268 Å². The second-order valence-corrected chi connectivity index (χ2v) is 12.2. The lowest BCUT2D eigenvalue weighted by atomic mass is 10.0. The van der Waals surface area contributed by atoms with Crippen LogP contribution in [-0.2, 0) is 28.5 Å². The molecular formula is C37H74O6. The van der Waals surface area contributed by atoms with Crippen LogP contribution in [-0.4, -0.2) is 65.4 Å². The molecule has 0 atom stereocenters. The number of unbranched alkanes of at least 4 members (excludes halogenated alkanes) is 22. The zero-order valence-electron chi connectivity index (χ0n) is 29.0. The lowest BCUT2D eigenvalue weighted by molar-refractivity contribution is -0.145. The summed E-state index contributed by atoms with van der Waals surface area (Å²) in [6, 6.07) is 0. The van der Waals surface area contributed by atoms with E-state index >= 15 is 0 Å². The summed E-state index contributed by atoms with van der Waals surface area (Å²) in [6.45, 7) is 9.52. The van der Waals surface area contributed by atoms with Gasteiger partial charge in [0.1, 0.15) is 6.61 Å². The van der Waals surface area contributed by atoms with Crippen molar-refractivity contribution < 1.29 is 28.5 Å². The average molecular weight is 615 g/mol. The van der Waals surface area contributed by atoms with Gasteiger partial charge in [-0.2, -0.15) is 0 Å². The summed E-state index contributed by atoms with van der Waals surface area (Å²) in [5, 5.41) is 0. The van der Waals surface area contributed by atoms with E-state index < -0.39 is 0 Å². The Kier molecular flexibility index (Phi) is 38.7. The number of rotatable bonds is 38. The Morgan fingerprint density at radius 2 is 0.605 bits per heavy atom. The fourth-order valence-corrected chi connectivity index (χ4v) is 5.20. The molecule has 0 spiro atoms. The molecule has 0 saturated carbocycles. The van der Waals surface area contributed by atoms with Crippen LogP contribution < -0.4 is 0 Å². The molecule has 0 aromatic rings. The third-order valence-electron chi connectivity index (χ3n) is 7.98. The van der Waals surface area contributed by atoms with E-state index in [2.05, 4.69) is 13.8 Å². The van der Waals surface area contributed by atoms with Crippen molar-refractivity contribution in [3.63, 3.8) is 0 Å². The van der Waals surface area contributed by atoms with Gasteiger partial charge in [-0.05, 0) is 12.8 Å². The lowest BCUT2D eigenvalue weighted by Gasteiger charge is -2.08. The maximum atomic E-state index is 11.8. The van der Waals surface area contributed by atoms with E-state index in [1.165, 1.54) is 135 Å². The zero-order valence-corrected chi connectivity index (χ0v) is 29.0. The van der Waals surface area contributed by atoms with Gasteiger partial charge in [-0.3, -0.25) is 4.79 Å². The Morgan fingerprint density at radius 1 is 0.326 bits per heavy atom. The maximum absolute atomic E-state index is 11.8. The van der Waals surface area contributed by atoms with E-state index in [1.54, 1.807) is 0 Å². The van der Waals surface area contributed by atoms with Crippen LogP contribution in [0.3, 0.4) is 0 Å². The van der Waals surface area contributed by atoms with E-state index in [1.807, 2.05) is 0 Å². The molecule has 258 valence electrons. The van der Waals surface area contributed by atoms with Crippen molar-refractivity contribution in [1.82, 2.24) is 0 Å². The Bertz CT molecular complexity index is 515. The molecule has 0 N–H and O–H groups in total. The number of carbonyl (C=O) groups excluding carboxylic acids is 1. The maximum Gasteiger partial charge on any atom is 0.305 e. The molecule has 0 heterocycles. The standard InChI is InChI=1S/C37H74O6/c1-3-5-7-9-11-13-15-16-17-19-21-23-25-27-37(38)43-36-35-42-34-33-41-32-31-40-30-29-39-28-26-24-22-20-18-14-12-10-8-6-4-2/h3-36H2,1-2H3. The molecule has 43 heavy (non-hydrogen) atoms. The van der Waals surface area contributed by atoms with Crippen LogP contribution in [0.5, 0.6) is 0 Å². The molecule has 6 heteroatoms. The molecule has 0 unspecified atom stereocenters. The fraction of sp³-hybridized carbons (Fsp3) is 0.973. The minimum Gasteiger partial charge on any atom is -0.463 e. The van der Waals surface area contributed by atoms with Gasteiger partial charge in [0, 0.05) is 13.0 Å². The molecule has 0 fully saturated rings. The molecule has 0 aliphatic rings. The van der Waals surface area contributed by atoms with Crippen LogP contribution in [0.25, 0.3) is 0 Å². The fourth-order valence-electron chi connectivity index (χ4n) is 5.20. The van der Waals surface area contributed by atoms with Crippen LogP contribution in [0.15, 0.2) is 0 Å². The Hall–Kier alpha value is -0.690. The van der Waals surface area contributed by atoms with Gasteiger partial charge in [-0.15, -0.1) is 0 Å². The van der Waals surface area contributed by atoms with Crippen LogP contribution in [0.1, 0.15) is 174 Å². The van der Waals surface area contributed by atoms with E-state index in [0.717, 1.165) is 25.9 Å². The smallest absolute Gasteiger partial charge is 0.305 e. The predicted molar refractivity (Wildman–Crippen MR) is 181 cm³/mol. The monoisotopic (exact) mass is 615 g/mol. The highest BCUT2D eigenvalue weighted by molar-refractivity contribution is 5.69. The second-order valence-electron chi connectivity index (χ2n) is 12.2. The van der Waals surface area contributed by atoms with E-state index in [-0.39, 0.29) is 5.97 Å². The quantitative estimate of drug-likeness (QED) is 0.0509. The minimum absolute atomic E-state index is 0.108. The van der Waals surface area contributed by atoms with Gasteiger partial charge in [0.25, 0.3) is 0 Å². The molecule has 0 aliphatic carbocycles. The van der Waals surface area contributed by atoms with Crippen molar-refractivity contribution >= 4 is 5.97 Å². The summed E-state index contributed by atoms with van der Waals surface area (Å²) in [4.78, 5) is 11.8. The molecule has 0 radical (unpaired) electrons. The minimum atomic E-state index is -0.108. The van der Waals surface area contributed by atoms with Crippen molar-refractivity contribution in [2.45, 2.75) is 174 Å². The molecule has 0 aromatic heterocycles. The van der Waals surface area contributed by atoms with Gasteiger partial charge in [0.15, 0.2) is 0 Å². The normalized spacial score (nSPS) is 11.4. The molecule has 0 rings (SSSR count). The first-order valence-electron chi connectivity index (χ1n) is 18.8. The van der Waals surface area contributed by atoms with Crippen LogP contribution >= 0.6 is 0 Å². The summed E-state index contributed by atoms with van der Waals surface area (Å²) in [5.41, 5.74) is 0. The second kappa shape index (κ2) is 39.3. The molecule has 0 amide bonds. The van der Waals surface area contributed by atoms with Crippen LogP contribution in [0, 0.1) is 0 Å². The molecule has 0 aliphatic heterocycles. The summed E-state index contributed by atoms with van der Waals surface area (Å²) in [5.74, 6) is -0.108. The topological polar surface area (TPSA) is 63.2 Å². The molecule has 0 bridgehead atoms. The third-order valence-corrected chi connectivity index (χ3v) is 7.98. The Morgan fingerprint density at radius 3 is 0.977 bits per heavy atom. The molecule has 0 aromatic carbocycles. The highest BCUT2D eigenvalue weighted by atomic mass is 16.6. The van der Waals surface area contributed by atoms with E-state index in [0.29, 0.717) is 59.3 Å². The highest BCUT2D eigenvalue weighted by Crippen LogP contribution is 2.13. The molecule has 6 nitrogen and oxygen atoms in total. The van der Waals surface area contributed by atoms with Crippen LogP contribution in [0.4, 0.5) is 0 Å². The largest absolute Gasteiger partial charge is 0.463 e. The van der Waals surface area contributed by atoms with Crippen molar-refractivity contribution in [3.05, 3.63) is 0 Å². The number of ether oxygens (including phenoxy) is 5. The van der Waals surface area contributed by atoms with Crippen LogP contribution in [0.2, 0.25) is 0 Å². The van der Waals surface area contributed by atoms with Crippen molar-refractivity contribution in [1.29, 1.82) is 0 Å². The summed E-state index contributed by atoms with van der Waals surface area (Å²) < 4.78 is 27.5. The molecular weight excluding hydrogens is 540 g/mol. The summed E-state index contributed by atoms with van der Waals surface area (Å²) >= 11 is 0.